The van der Waals surface area contributed by atoms with Crippen LogP contribution in [0.5, 0.6) is 0 Å². The minimum absolute atomic E-state index is 0.404. The van der Waals surface area contributed by atoms with E-state index in [1.807, 2.05) is 6.20 Å². The van der Waals surface area contributed by atoms with Crippen LogP contribution < -0.4 is 5.32 Å². The van der Waals surface area contributed by atoms with Crippen molar-refractivity contribution >= 4 is 5.82 Å². The van der Waals surface area contributed by atoms with E-state index in [0.29, 0.717) is 6.04 Å². The standard InChI is InChI=1S/C16H18N2/c1-12-7-10-15(17-11-12)18-16(14-8-9-14)13-5-3-2-4-6-13/h2-7,10-11,14,16H,8-9H2,1H3,(H,17,18). The van der Waals surface area contributed by atoms with Crippen molar-refractivity contribution in [2.45, 2.75) is 25.8 Å². The van der Waals surface area contributed by atoms with Crippen molar-refractivity contribution in [3.63, 3.8) is 0 Å². The predicted molar refractivity (Wildman–Crippen MR) is 74.5 cm³/mol. The monoisotopic (exact) mass is 238 g/mol. The fourth-order valence-electron chi connectivity index (χ4n) is 2.28. The number of pyridine rings is 1. The third kappa shape index (κ3) is 2.53. The van der Waals surface area contributed by atoms with Gasteiger partial charge in [0, 0.05) is 6.20 Å². The molecule has 2 nitrogen and oxygen atoms in total. The largest absolute Gasteiger partial charge is 0.363 e. The molecule has 3 rings (SSSR count). The third-order valence-electron chi connectivity index (χ3n) is 3.47. The highest BCUT2D eigenvalue weighted by molar-refractivity contribution is 5.40. The first kappa shape index (κ1) is 11.3. The second-order valence-corrected chi connectivity index (χ2v) is 5.09. The molecule has 1 saturated carbocycles. The van der Waals surface area contributed by atoms with Gasteiger partial charge in [-0.3, -0.25) is 0 Å². The van der Waals surface area contributed by atoms with E-state index in [1.54, 1.807) is 0 Å². The summed E-state index contributed by atoms with van der Waals surface area (Å²) in [5, 5.41) is 3.57. The van der Waals surface area contributed by atoms with Crippen molar-refractivity contribution in [3.05, 3.63) is 59.8 Å². The van der Waals surface area contributed by atoms with Gasteiger partial charge in [-0.15, -0.1) is 0 Å². The molecule has 0 spiro atoms. The van der Waals surface area contributed by atoms with Crippen LogP contribution in [0.3, 0.4) is 0 Å². The molecule has 1 unspecified atom stereocenters. The normalized spacial score (nSPS) is 16.3. The van der Waals surface area contributed by atoms with Crippen molar-refractivity contribution < 1.29 is 0 Å². The van der Waals surface area contributed by atoms with Crippen LogP contribution in [-0.4, -0.2) is 4.98 Å². The highest BCUT2D eigenvalue weighted by Gasteiger charge is 2.32. The van der Waals surface area contributed by atoms with E-state index in [2.05, 4.69) is 59.7 Å². The number of aryl methyl sites for hydroxylation is 1. The maximum Gasteiger partial charge on any atom is 0.126 e. The zero-order chi connectivity index (χ0) is 12.4. The summed E-state index contributed by atoms with van der Waals surface area (Å²) in [4.78, 5) is 4.44. The summed E-state index contributed by atoms with van der Waals surface area (Å²) in [6, 6.07) is 15.2. The second-order valence-electron chi connectivity index (χ2n) is 5.09. The lowest BCUT2D eigenvalue weighted by atomic mass is 10.0. The summed E-state index contributed by atoms with van der Waals surface area (Å²) in [6.45, 7) is 2.06. The molecule has 0 bridgehead atoms. The fourth-order valence-corrected chi connectivity index (χ4v) is 2.28. The number of nitrogens with one attached hydrogen (secondary N) is 1. The lowest BCUT2D eigenvalue weighted by Crippen LogP contribution is -2.13. The van der Waals surface area contributed by atoms with Gasteiger partial charge in [0.05, 0.1) is 6.04 Å². The van der Waals surface area contributed by atoms with Gasteiger partial charge in [0.15, 0.2) is 0 Å². The number of anilines is 1. The molecular formula is C16H18N2. The van der Waals surface area contributed by atoms with Crippen LogP contribution >= 0.6 is 0 Å². The van der Waals surface area contributed by atoms with E-state index in [4.69, 9.17) is 0 Å². The van der Waals surface area contributed by atoms with Crippen LogP contribution in [0.4, 0.5) is 5.82 Å². The van der Waals surface area contributed by atoms with E-state index in [1.165, 1.54) is 24.0 Å². The van der Waals surface area contributed by atoms with Crippen LogP contribution in [0, 0.1) is 12.8 Å². The molecule has 1 aliphatic rings. The molecule has 2 heteroatoms. The van der Waals surface area contributed by atoms with E-state index in [-0.39, 0.29) is 0 Å². The average molecular weight is 238 g/mol. The molecule has 1 aliphatic carbocycles. The van der Waals surface area contributed by atoms with Gasteiger partial charge in [0.2, 0.25) is 0 Å². The molecular weight excluding hydrogens is 220 g/mol. The Kier molecular flexibility index (Phi) is 3.01. The minimum Gasteiger partial charge on any atom is -0.363 e. The zero-order valence-electron chi connectivity index (χ0n) is 10.6. The summed E-state index contributed by atoms with van der Waals surface area (Å²) in [5.74, 6) is 1.73. The predicted octanol–water partition coefficient (Wildman–Crippen LogP) is 3.95. The molecule has 0 saturated heterocycles. The van der Waals surface area contributed by atoms with E-state index in [9.17, 15) is 0 Å². The third-order valence-corrected chi connectivity index (χ3v) is 3.47. The van der Waals surface area contributed by atoms with Gasteiger partial charge < -0.3 is 5.32 Å². The molecule has 92 valence electrons. The van der Waals surface area contributed by atoms with Crippen LogP contribution in [0.2, 0.25) is 0 Å². The summed E-state index contributed by atoms with van der Waals surface area (Å²) in [7, 11) is 0. The Hall–Kier alpha value is -1.83. The maximum absolute atomic E-state index is 4.44. The van der Waals surface area contributed by atoms with E-state index in [0.717, 1.165) is 11.7 Å². The van der Waals surface area contributed by atoms with E-state index < -0.39 is 0 Å². The summed E-state index contributed by atoms with van der Waals surface area (Å²) >= 11 is 0. The first-order valence-electron chi connectivity index (χ1n) is 6.57. The fraction of sp³-hybridized carbons (Fsp3) is 0.312. The lowest BCUT2D eigenvalue weighted by molar-refractivity contribution is 0.675. The Morgan fingerprint density at radius 1 is 1.11 bits per heavy atom. The van der Waals surface area contributed by atoms with Crippen LogP contribution in [-0.2, 0) is 0 Å². The van der Waals surface area contributed by atoms with Crippen LogP contribution in [0.15, 0.2) is 48.7 Å². The number of nitrogens with zero attached hydrogens (tertiary/aromatic N) is 1. The molecule has 1 atom stereocenters. The van der Waals surface area contributed by atoms with Crippen LogP contribution in [0.25, 0.3) is 0 Å². The second kappa shape index (κ2) is 4.81. The number of rotatable bonds is 4. The SMILES string of the molecule is Cc1ccc(NC(c2ccccc2)C2CC2)nc1. The maximum atomic E-state index is 4.44. The summed E-state index contributed by atoms with van der Waals surface area (Å²) in [5.41, 5.74) is 2.56. The number of aromatic nitrogens is 1. The van der Waals surface area contributed by atoms with E-state index >= 15 is 0 Å². The van der Waals surface area contributed by atoms with Crippen molar-refractivity contribution in [2.75, 3.05) is 5.32 Å². The zero-order valence-corrected chi connectivity index (χ0v) is 10.6. The quantitative estimate of drug-likeness (QED) is 0.872. The average Bonchev–Trinajstić information content (AvgIpc) is 3.23. The Bertz CT molecular complexity index is 500. The highest BCUT2D eigenvalue weighted by Crippen LogP contribution is 2.42. The minimum atomic E-state index is 0.404. The molecule has 1 aromatic carbocycles. The van der Waals surface area contributed by atoms with Gasteiger partial charge in [-0.2, -0.15) is 0 Å². The van der Waals surface area contributed by atoms with Gasteiger partial charge in [-0.1, -0.05) is 36.4 Å². The lowest BCUT2D eigenvalue weighted by Gasteiger charge is -2.19. The summed E-state index contributed by atoms with van der Waals surface area (Å²) < 4.78 is 0. The van der Waals surface area contributed by atoms with Gasteiger partial charge in [-0.05, 0) is 42.9 Å². The molecule has 0 radical (unpaired) electrons. The molecule has 1 N–H and O–H groups in total. The molecule has 1 aromatic heterocycles. The Morgan fingerprint density at radius 3 is 2.50 bits per heavy atom. The summed E-state index contributed by atoms with van der Waals surface area (Å²) in [6.07, 6.45) is 4.55. The van der Waals surface area contributed by atoms with Crippen LogP contribution in [0.1, 0.15) is 30.0 Å². The molecule has 1 heterocycles. The molecule has 2 aromatic rings. The molecule has 0 amide bonds. The van der Waals surface area contributed by atoms with Gasteiger partial charge in [0.25, 0.3) is 0 Å². The van der Waals surface area contributed by atoms with Crippen molar-refractivity contribution in [1.29, 1.82) is 0 Å². The number of hydrogen-bond donors (Lipinski definition) is 1. The van der Waals surface area contributed by atoms with Crippen molar-refractivity contribution in [3.8, 4) is 0 Å². The highest BCUT2D eigenvalue weighted by atomic mass is 15.0. The number of benzene rings is 1. The first-order chi connectivity index (χ1) is 8.83. The molecule has 18 heavy (non-hydrogen) atoms. The Balaban J connectivity index is 1.81. The van der Waals surface area contributed by atoms with Crippen molar-refractivity contribution in [1.82, 2.24) is 4.98 Å². The first-order valence-corrected chi connectivity index (χ1v) is 6.57. The Morgan fingerprint density at radius 2 is 1.89 bits per heavy atom. The Labute approximate surface area is 108 Å². The molecule has 1 fully saturated rings. The van der Waals surface area contributed by atoms with Crippen molar-refractivity contribution in [2.24, 2.45) is 5.92 Å². The molecule has 0 aliphatic heterocycles. The smallest absolute Gasteiger partial charge is 0.126 e. The topological polar surface area (TPSA) is 24.9 Å². The van der Waals surface area contributed by atoms with Gasteiger partial charge in [0.1, 0.15) is 5.82 Å². The van der Waals surface area contributed by atoms with Gasteiger partial charge >= 0.3 is 0 Å². The van der Waals surface area contributed by atoms with Gasteiger partial charge in [-0.25, -0.2) is 4.98 Å². The number of hydrogen-bond acceptors (Lipinski definition) is 2.